The molecule has 0 saturated heterocycles. The summed E-state index contributed by atoms with van der Waals surface area (Å²) in [5.74, 6) is 0.0731. The zero-order valence-corrected chi connectivity index (χ0v) is 13.1. The Morgan fingerprint density at radius 2 is 1.64 bits per heavy atom. The van der Waals surface area contributed by atoms with Gasteiger partial charge in [-0.05, 0) is 42.0 Å². The predicted octanol–water partition coefficient (Wildman–Crippen LogP) is 5.69. The second-order valence-corrected chi connectivity index (χ2v) is 5.31. The van der Waals surface area contributed by atoms with Crippen LogP contribution in [-0.4, -0.2) is 12.8 Å². The summed E-state index contributed by atoms with van der Waals surface area (Å²) in [6, 6.07) is 9.04. The molecular weight excluding hydrogens is 357 g/mol. The second kappa shape index (κ2) is 7.63. The van der Waals surface area contributed by atoms with Crippen LogP contribution in [0.1, 0.15) is 5.56 Å². The molecule has 1 N–H and O–H groups in total. The summed E-state index contributed by atoms with van der Waals surface area (Å²) in [5.41, 5.74) is 3.79. The summed E-state index contributed by atoms with van der Waals surface area (Å²) in [6.07, 6.45) is 1.48. The fraction of sp³-hybridized carbons (Fsp3) is 0.0714. The highest BCUT2D eigenvalue weighted by Gasteiger charge is 2.06. The zero-order chi connectivity index (χ0) is 16.1. The van der Waals surface area contributed by atoms with Gasteiger partial charge in [-0.25, -0.2) is 0 Å². The van der Waals surface area contributed by atoms with E-state index in [1.165, 1.54) is 30.5 Å². The summed E-state index contributed by atoms with van der Waals surface area (Å²) >= 11 is 17.8. The maximum absolute atomic E-state index is 12.0. The number of ether oxygens (including phenoxy) is 1. The molecule has 0 bridgehead atoms. The van der Waals surface area contributed by atoms with Crippen LogP contribution in [0.5, 0.6) is 5.75 Å². The number of halogens is 5. The Kier molecular flexibility index (Phi) is 5.83. The van der Waals surface area contributed by atoms with Crippen LogP contribution in [0.4, 0.5) is 14.5 Å². The number of hydrazone groups is 1. The van der Waals surface area contributed by atoms with E-state index in [1.807, 2.05) is 0 Å². The van der Waals surface area contributed by atoms with Crippen molar-refractivity contribution in [2.24, 2.45) is 5.10 Å². The molecule has 0 spiro atoms. The number of nitrogens with zero attached hydrogens (tertiary/aromatic N) is 1. The van der Waals surface area contributed by atoms with E-state index in [2.05, 4.69) is 15.3 Å². The molecule has 2 rings (SSSR count). The Bertz CT molecular complexity index is 655. The van der Waals surface area contributed by atoms with Gasteiger partial charge in [-0.15, -0.1) is 0 Å². The number of rotatable bonds is 5. The largest absolute Gasteiger partial charge is 0.435 e. The number of hydrogen-bond acceptors (Lipinski definition) is 3. The minimum atomic E-state index is -2.85. The van der Waals surface area contributed by atoms with Crippen molar-refractivity contribution < 1.29 is 13.5 Å². The topological polar surface area (TPSA) is 33.6 Å². The Morgan fingerprint density at radius 1 is 1.05 bits per heavy atom. The third-order valence-electron chi connectivity index (χ3n) is 2.50. The summed E-state index contributed by atoms with van der Waals surface area (Å²) in [6.45, 7) is -2.85. The molecule has 0 radical (unpaired) electrons. The van der Waals surface area contributed by atoms with E-state index < -0.39 is 6.61 Å². The first-order valence-electron chi connectivity index (χ1n) is 5.94. The molecular formula is C14H9Cl3F2N2O. The van der Waals surface area contributed by atoms with Crippen LogP contribution in [0.25, 0.3) is 0 Å². The van der Waals surface area contributed by atoms with Crippen LogP contribution in [-0.2, 0) is 0 Å². The number of nitrogens with one attached hydrogen (secondary N) is 1. The first-order chi connectivity index (χ1) is 10.5. The molecule has 3 nitrogen and oxygen atoms in total. The summed E-state index contributed by atoms with van der Waals surface area (Å²) in [4.78, 5) is 0. The normalized spacial score (nSPS) is 11.2. The van der Waals surface area contributed by atoms with Gasteiger partial charge >= 0.3 is 6.61 Å². The highest BCUT2D eigenvalue weighted by molar-refractivity contribution is 6.41. The van der Waals surface area contributed by atoms with Crippen LogP contribution in [0.2, 0.25) is 15.1 Å². The molecule has 0 heterocycles. The monoisotopic (exact) mass is 364 g/mol. The molecule has 116 valence electrons. The van der Waals surface area contributed by atoms with E-state index in [1.54, 1.807) is 12.1 Å². The van der Waals surface area contributed by atoms with Crippen molar-refractivity contribution in [3.05, 3.63) is 57.0 Å². The smallest absolute Gasteiger partial charge is 0.387 e. The van der Waals surface area contributed by atoms with E-state index in [0.29, 0.717) is 26.3 Å². The van der Waals surface area contributed by atoms with Gasteiger partial charge in [-0.3, -0.25) is 5.43 Å². The van der Waals surface area contributed by atoms with Gasteiger partial charge in [0.2, 0.25) is 0 Å². The Morgan fingerprint density at radius 3 is 2.18 bits per heavy atom. The minimum Gasteiger partial charge on any atom is -0.435 e. The molecule has 2 aromatic rings. The molecule has 0 unspecified atom stereocenters. The maximum Gasteiger partial charge on any atom is 0.387 e. The van der Waals surface area contributed by atoms with Crippen molar-refractivity contribution in [1.82, 2.24) is 0 Å². The molecule has 0 atom stereocenters. The van der Waals surface area contributed by atoms with Crippen molar-refractivity contribution in [3.63, 3.8) is 0 Å². The molecule has 8 heteroatoms. The van der Waals surface area contributed by atoms with E-state index >= 15 is 0 Å². The molecule has 0 saturated carbocycles. The fourth-order valence-electron chi connectivity index (χ4n) is 1.56. The van der Waals surface area contributed by atoms with E-state index in [4.69, 9.17) is 34.8 Å². The Hall–Kier alpha value is -1.56. The van der Waals surface area contributed by atoms with Crippen LogP contribution in [0.15, 0.2) is 41.5 Å². The van der Waals surface area contributed by atoms with Crippen LogP contribution >= 0.6 is 34.8 Å². The van der Waals surface area contributed by atoms with Gasteiger partial charge in [0, 0.05) is 5.02 Å². The van der Waals surface area contributed by atoms with Crippen molar-refractivity contribution in [2.45, 2.75) is 6.61 Å². The van der Waals surface area contributed by atoms with E-state index in [-0.39, 0.29) is 5.75 Å². The van der Waals surface area contributed by atoms with E-state index in [9.17, 15) is 8.78 Å². The van der Waals surface area contributed by atoms with Crippen molar-refractivity contribution in [1.29, 1.82) is 0 Å². The summed E-state index contributed by atoms with van der Waals surface area (Å²) < 4.78 is 28.3. The van der Waals surface area contributed by atoms with Gasteiger partial charge in [0.15, 0.2) is 0 Å². The fourth-order valence-corrected chi connectivity index (χ4v) is 2.46. The van der Waals surface area contributed by atoms with Gasteiger partial charge in [0.1, 0.15) is 5.75 Å². The van der Waals surface area contributed by atoms with Crippen molar-refractivity contribution >= 4 is 46.7 Å². The third kappa shape index (κ3) is 4.73. The van der Waals surface area contributed by atoms with Crippen LogP contribution in [0, 0.1) is 0 Å². The molecule has 2 aromatic carbocycles. The lowest BCUT2D eigenvalue weighted by Crippen LogP contribution is -2.01. The quantitative estimate of drug-likeness (QED) is 0.545. The summed E-state index contributed by atoms with van der Waals surface area (Å²) in [7, 11) is 0. The average molecular weight is 366 g/mol. The predicted molar refractivity (Wildman–Crippen MR) is 85.8 cm³/mol. The lowest BCUT2D eigenvalue weighted by molar-refractivity contribution is -0.0498. The Balaban J connectivity index is 2.04. The van der Waals surface area contributed by atoms with Crippen molar-refractivity contribution in [3.8, 4) is 5.75 Å². The van der Waals surface area contributed by atoms with Gasteiger partial charge in [0.05, 0.1) is 21.9 Å². The third-order valence-corrected chi connectivity index (χ3v) is 3.32. The summed E-state index contributed by atoms with van der Waals surface area (Å²) in [5, 5.41) is 5.05. The van der Waals surface area contributed by atoms with Gasteiger partial charge in [-0.1, -0.05) is 34.8 Å². The van der Waals surface area contributed by atoms with Gasteiger partial charge < -0.3 is 4.74 Å². The zero-order valence-electron chi connectivity index (χ0n) is 10.9. The standard InChI is InChI=1S/C14H9Cl3F2N2O/c15-9-5-11(16)13(12(17)6-9)21-20-7-8-1-3-10(4-2-8)22-14(18)19/h1-7,14,21H/b20-7-. The van der Waals surface area contributed by atoms with E-state index in [0.717, 1.165) is 0 Å². The molecule has 0 aliphatic heterocycles. The number of alkyl halides is 2. The van der Waals surface area contributed by atoms with Crippen molar-refractivity contribution in [2.75, 3.05) is 5.43 Å². The lowest BCUT2D eigenvalue weighted by Gasteiger charge is -2.06. The second-order valence-electron chi connectivity index (χ2n) is 4.06. The van der Waals surface area contributed by atoms with Gasteiger partial charge in [-0.2, -0.15) is 13.9 Å². The minimum absolute atomic E-state index is 0.0731. The average Bonchev–Trinajstić information content (AvgIpc) is 2.43. The molecule has 0 amide bonds. The number of benzene rings is 2. The molecule has 0 fully saturated rings. The molecule has 0 aliphatic carbocycles. The molecule has 0 aromatic heterocycles. The maximum atomic E-state index is 12.0. The van der Waals surface area contributed by atoms with Crippen LogP contribution in [0.3, 0.4) is 0 Å². The highest BCUT2D eigenvalue weighted by Crippen LogP contribution is 2.33. The highest BCUT2D eigenvalue weighted by atomic mass is 35.5. The van der Waals surface area contributed by atoms with Crippen LogP contribution < -0.4 is 10.2 Å². The SMILES string of the molecule is FC(F)Oc1ccc(/C=N\Nc2c(Cl)cc(Cl)cc2Cl)cc1. The Labute approximate surface area is 140 Å². The first kappa shape index (κ1) is 16.8. The number of anilines is 1. The molecule has 22 heavy (non-hydrogen) atoms. The molecule has 0 aliphatic rings. The lowest BCUT2D eigenvalue weighted by atomic mass is 10.2. The number of hydrogen-bond donors (Lipinski definition) is 1. The van der Waals surface area contributed by atoms with Gasteiger partial charge in [0.25, 0.3) is 0 Å². The first-order valence-corrected chi connectivity index (χ1v) is 7.07.